The molecule has 5 nitrogen and oxygen atoms in total. The molecule has 0 aliphatic rings. The van der Waals surface area contributed by atoms with Crippen molar-refractivity contribution in [1.82, 2.24) is 19.7 Å². The van der Waals surface area contributed by atoms with Gasteiger partial charge < -0.3 is 5.11 Å². The summed E-state index contributed by atoms with van der Waals surface area (Å²) in [6.45, 7) is 3.54. The first-order valence-corrected chi connectivity index (χ1v) is 4.44. The summed E-state index contributed by atoms with van der Waals surface area (Å²) in [6, 6.07) is 0. The Morgan fingerprint density at radius 3 is 2.86 bits per heavy atom. The maximum absolute atomic E-state index is 9.33. The van der Waals surface area contributed by atoms with Gasteiger partial charge in [0, 0.05) is 7.05 Å². The molecule has 0 aromatic carbocycles. The number of rotatable bonds is 1. The first kappa shape index (κ1) is 9.08. The van der Waals surface area contributed by atoms with Crippen molar-refractivity contribution in [3.63, 3.8) is 0 Å². The van der Waals surface area contributed by atoms with E-state index < -0.39 is 6.10 Å². The molecule has 0 radical (unpaired) electrons. The Bertz CT molecular complexity index is 475. The van der Waals surface area contributed by atoms with Crippen molar-refractivity contribution in [2.45, 2.75) is 20.0 Å². The Balaban J connectivity index is 2.71. The summed E-state index contributed by atoms with van der Waals surface area (Å²) in [4.78, 5) is 8.31. The molecule has 2 rings (SSSR count). The number of fused-ring (bicyclic) bond motifs is 1. The summed E-state index contributed by atoms with van der Waals surface area (Å²) in [5.74, 6) is 0.439. The molecule has 0 aliphatic carbocycles. The molecular weight excluding hydrogens is 180 g/mol. The maximum Gasteiger partial charge on any atom is 0.157 e. The van der Waals surface area contributed by atoms with E-state index >= 15 is 0 Å². The van der Waals surface area contributed by atoms with Crippen molar-refractivity contribution in [1.29, 1.82) is 0 Å². The minimum Gasteiger partial charge on any atom is -0.385 e. The van der Waals surface area contributed by atoms with Gasteiger partial charge in [0.25, 0.3) is 0 Å². The van der Waals surface area contributed by atoms with E-state index in [9.17, 15) is 5.11 Å². The quantitative estimate of drug-likeness (QED) is 0.723. The van der Waals surface area contributed by atoms with E-state index in [-0.39, 0.29) is 0 Å². The second-order valence-corrected chi connectivity index (χ2v) is 3.35. The van der Waals surface area contributed by atoms with E-state index in [0.29, 0.717) is 5.82 Å². The van der Waals surface area contributed by atoms with E-state index in [0.717, 1.165) is 16.7 Å². The average Bonchev–Trinajstić information content (AvgIpc) is 2.42. The summed E-state index contributed by atoms with van der Waals surface area (Å²) in [5.41, 5.74) is 2.54. The topological polar surface area (TPSA) is 63.8 Å². The maximum atomic E-state index is 9.33. The van der Waals surface area contributed by atoms with Gasteiger partial charge >= 0.3 is 0 Å². The normalized spacial score (nSPS) is 13.4. The fourth-order valence-electron chi connectivity index (χ4n) is 1.42. The molecule has 0 spiro atoms. The number of hydrogen-bond acceptors (Lipinski definition) is 4. The zero-order chi connectivity index (χ0) is 10.3. The van der Waals surface area contributed by atoms with Crippen LogP contribution in [0.1, 0.15) is 24.5 Å². The van der Waals surface area contributed by atoms with Crippen LogP contribution in [0.2, 0.25) is 0 Å². The summed E-state index contributed by atoms with van der Waals surface area (Å²) >= 11 is 0. The Morgan fingerprint density at radius 1 is 1.50 bits per heavy atom. The second kappa shape index (κ2) is 3.02. The highest BCUT2D eigenvalue weighted by Gasteiger charge is 2.10. The lowest BCUT2D eigenvalue weighted by molar-refractivity contribution is 0.189. The van der Waals surface area contributed by atoms with Crippen LogP contribution in [0.5, 0.6) is 0 Å². The monoisotopic (exact) mass is 192 g/mol. The zero-order valence-electron chi connectivity index (χ0n) is 8.39. The molecule has 0 saturated heterocycles. The fraction of sp³-hybridized carbons (Fsp3) is 0.444. The van der Waals surface area contributed by atoms with Gasteiger partial charge in [-0.25, -0.2) is 9.97 Å². The van der Waals surface area contributed by atoms with E-state index in [2.05, 4.69) is 15.1 Å². The Morgan fingerprint density at radius 2 is 2.21 bits per heavy atom. The first-order valence-electron chi connectivity index (χ1n) is 4.44. The zero-order valence-corrected chi connectivity index (χ0v) is 8.39. The van der Waals surface area contributed by atoms with E-state index in [1.807, 2.05) is 14.0 Å². The molecule has 1 unspecified atom stereocenters. The number of aliphatic hydroxyl groups excluding tert-OH is 1. The number of aliphatic hydroxyl groups is 1. The SMILES string of the molecule is Cc1nn(C)c2cnc(C(C)O)nc12. The van der Waals surface area contributed by atoms with Gasteiger partial charge in [-0.2, -0.15) is 5.10 Å². The van der Waals surface area contributed by atoms with Crippen LogP contribution in [0.4, 0.5) is 0 Å². The molecule has 0 aliphatic heterocycles. The molecular formula is C9H12N4O. The minimum atomic E-state index is -0.640. The molecule has 14 heavy (non-hydrogen) atoms. The number of aromatic nitrogens is 4. The lowest BCUT2D eigenvalue weighted by Crippen LogP contribution is -1.99. The summed E-state index contributed by atoms with van der Waals surface area (Å²) in [6.07, 6.45) is 1.05. The highest BCUT2D eigenvalue weighted by molar-refractivity contribution is 5.76. The summed E-state index contributed by atoms with van der Waals surface area (Å²) in [5, 5.41) is 13.6. The number of hydrogen-bond donors (Lipinski definition) is 1. The van der Waals surface area contributed by atoms with Gasteiger partial charge in [-0.15, -0.1) is 0 Å². The first-order chi connectivity index (χ1) is 6.59. The van der Waals surface area contributed by atoms with Gasteiger partial charge in [0.05, 0.1) is 11.9 Å². The molecule has 2 aromatic rings. The van der Waals surface area contributed by atoms with Crippen molar-refractivity contribution in [2.75, 3.05) is 0 Å². The molecule has 2 aromatic heterocycles. The number of nitrogens with zero attached hydrogens (tertiary/aromatic N) is 4. The third-order valence-electron chi connectivity index (χ3n) is 2.15. The molecule has 0 bridgehead atoms. The van der Waals surface area contributed by atoms with Gasteiger partial charge in [0.2, 0.25) is 0 Å². The minimum absolute atomic E-state index is 0.439. The van der Waals surface area contributed by atoms with Gasteiger partial charge in [0.1, 0.15) is 17.1 Å². The predicted molar refractivity (Wildman–Crippen MR) is 51.7 cm³/mol. The van der Waals surface area contributed by atoms with Gasteiger partial charge in [-0.3, -0.25) is 4.68 Å². The highest BCUT2D eigenvalue weighted by Crippen LogP contribution is 2.15. The van der Waals surface area contributed by atoms with Gasteiger partial charge in [-0.05, 0) is 13.8 Å². The van der Waals surface area contributed by atoms with Crippen LogP contribution in [0, 0.1) is 6.92 Å². The van der Waals surface area contributed by atoms with Crippen molar-refractivity contribution >= 4 is 11.0 Å². The molecule has 1 N–H and O–H groups in total. The van der Waals surface area contributed by atoms with Crippen LogP contribution >= 0.6 is 0 Å². The predicted octanol–water partition coefficient (Wildman–Crippen LogP) is 0.725. The Hall–Kier alpha value is -1.49. The standard InChI is InChI=1S/C9H12N4O/c1-5-8-7(13(3)12-5)4-10-9(11-8)6(2)14/h4,6,14H,1-3H3. The van der Waals surface area contributed by atoms with Gasteiger partial charge in [-0.1, -0.05) is 0 Å². The molecule has 0 amide bonds. The third kappa shape index (κ3) is 1.26. The van der Waals surface area contributed by atoms with E-state index in [4.69, 9.17) is 0 Å². The lowest BCUT2D eigenvalue weighted by Gasteiger charge is -2.01. The molecule has 2 heterocycles. The number of aryl methyl sites for hydroxylation is 2. The van der Waals surface area contributed by atoms with Crippen molar-refractivity contribution < 1.29 is 5.11 Å². The van der Waals surface area contributed by atoms with E-state index in [1.54, 1.807) is 17.8 Å². The Labute approximate surface area is 81.4 Å². The second-order valence-electron chi connectivity index (χ2n) is 3.35. The molecule has 5 heteroatoms. The third-order valence-corrected chi connectivity index (χ3v) is 2.15. The van der Waals surface area contributed by atoms with Crippen LogP contribution in [-0.2, 0) is 7.05 Å². The molecule has 0 saturated carbocycles. The van der Waals surface area contributed by atoms with E-state index in [1.165, 1.54) is 0 Å². The van der Waals surface area contributed by atoms with Crippen LogP contribution in [-0.4, -0.2) is 24.9 Å². The largest absolute Gasteiger partial charge is 0.385 e. The fourth-order valence-corrected chi connectivity index (χ4v) is 1.42. The van der Waals surface area contributed by atoms with Crippen molar-refractivity contribution in [3.05, 3.63) is 17.7 Å². The van der Waals surface area contributed by atoms with Crippen molar-refractivity contribution in [3.8, 4) is 0 Å². The molecule has 74 valence electrons. The molecule has 0 fully saturated rings. The molecule has 1 atom stereocenters. The van der Waals surface area contributed by atoms with Crippen molar-refractivity contribution in [2.24, 2.45) is 7.05 Å². The average molecular weight is 192 g/mol. The smallest absolute Gasteiger partial charge is 0.157 e. The van der Waals surface area contributed by atoms with Crippen LogP contribution in [0.25, 0.3) is 11.0 Å². The van der Waals surface area contributed by atoms with Crippen LogP contribution < -0.4 is 0 Å². The van der Waals surface area contributed by atoms with Crippen LogP contribution in [0.15, 0.2) is 6.20 Å². The summed E-state index contributed by atoms with van der Waals surface area (Å²) < 4.78 is 1.73. The lowest BCUT2D eigenvalue weighted by atomic mass is 10.3. The van der Waals surface area contributed by atoms with Crippen LogP contribution in [0.3, 0.4) is 0 Å². The van der Waals surface area contributed by atoms with Gasteiger partial charge in [0.15, 0.2) is 5.82 Å². The summed E-state index contributed by atoms with van der Waals surface area (Å²) in [7, 11) is 1.85. The Kier molecular flexibility index (Phi) is 1.96. The highest BCUT2D eigenvalue weighted by atomic mass is 16.3.